The Morgan fingerprint density at radius 2 is 2.04 bits per heavy atom. The molecule has 2 unspecified atom stereocenters. The van der Waals surface area contributed by atoms with Crippen molar-refractivity contribution in [3.05, 3.63) is 34.1 Å². The van der Waals surface area contributed by atoms with Crippen molar-refractivity contribution >= 4 is 22.6 Å². The molecule has 0 amide bonds. The minimum atomic E-state index is -1.20. The summed E-state index contributed by atoms with van der Waals surface area (Å²) in [4.78, 5) is 26.4. The molecule has 1 saturated carbocycles. The second-order valence-electron chi connectivity index (χ2n) is 7.72. The Morgan fingerprint density at radius 3 is 2.63 bits per heavy atom. The molecule has 27 heavy (non-hydrogen) atoms. The van der Waals surface area contributed by atoms with Crippen LogP contribution in [0.3, 0.4) is 0 Å². The second-order valence-corrected chi connectivity index (χ2v) is 7.72. The van der Waals surface area contributed by atoms with E-state index in [9.17, 15) is 14.7 Å². The quantitative estimate of drug-likeness (QED) is 0.857. The Kier molecular flexibility index (Phi) is 4.34. The average Bonchev–Trinajstić information content (AvgIpc) is 3.46. The van der Waals surface area contributed by atoms with E-state index < -0.39 is 11.4 Å². The zero-order chi connectivity index (χ0) is 19.3. The fourth-order valence-corrected chi connectivity index (χ4v) is 4.11. The molecule has 0 radical (unpaired) electrons. The van der Waals surface area contributed by atoms with E-state index in [1.807, 2.05) is 10.6 Å². The summed E-state index contributed by atoms with van der Waals surface area (Å²) in [5.74, 6) is -0.0321. The van der Waals surface area contributed by atoms with Crippen LogP contribution in [0.25, 0.3) is 10.9 Å². The van der Waals surface area contributed by atoms with E-state index >= 15 is 0 Å². The van der Waals surface area contributed by atoms with Crippen molar-refractivity contribution in [2.75, 3.05) is 18.6 Å². The Balaban J connectivity index is 1.96. The van der Waals surface area contributed by atoms with Crippen LogP contribution < -0.4 is 20.8 Å². The van der Waals surface area contributed by atoms with Crippen LogP contribution in [0.4, 0.5) is 5.69 Å². The van der Waals surface area contributed by atoms with Crippen molar-refractivity contribution in [2.45, 2.75) is 44.8 Å². The Labute approximate surface area is 157 Å². The zero-order valence-electron chi connectivity index (χ0n) is 15.6. The summed E-state index contributed by atoms with van der Waals surface area (Å²) in [7, 11) is 1.59. The first-order chi connectivity index (χ1) is 12.9. The molecule has 2 atom stereocenters. The number of aromatic carboxylic acids is 1. The third-order valence-electron chi connectivity index (χ3n) is 5.72. The summed E-state index contributed by atoms with van der Waals surface area (Å²) in [6, 6.07) is 3.75. The number of ether oxygens (including phenoxy) is 1. The van der Waals surface area contributed by atoms with Gasteiger partial charge in [-0.25, -0.2) is 4.79 Å². The molecule has 0 spiro atoms. The number of piperidine rings is 1. The lowest BCUT2D eigenvalue weighted by Crippen LogP contribution is -2.47. The molecule has 1 aromatic heterocycles. The highest BCUT2D eigenvalue weighted by molar-refractivity contribution is 5.97. The van der Waals surface area contributed by atoms with Gasteiger partial charge in [-0.15, -0.1) is 0 Å². The first-order valence-corrected chi connectivity index (χ1v) is 9.43. The maximum atomic E-state index is 12.7. The summed E-state index contributed by atoms with van der Waals surface area (Å²) in [5.41, 5.74) is 7.25. The molecular formula is C20H25N3O4. The fraction of sp³-hybridized carbons (Fsp3) is 0.500. The number of anilines is 1. The number of hydrogen-bond donors (Lipinski definition) is 2. The van der Waals surface area contributed by atoms with Crippen LogP contribution in [0.1, 0.15) is 49.0 Å². The van der Waals surface area contributed by atoms with Crippen LogP contribution >= 0.6 is 0 Å². The maximum Gasteiger partial charge on any atom is 0.341 e. The highest BCUT2D eigenvalue weighted by Gasteiger charge is 2.31. The SMILES string of the molecule is COc1c(N2CCC(C)CC2N)ccc2c(=O)c(C(=O)O)cn(C3CC3)c12. The maximum absolute atomic E-state index is 12.7. The van der Waals surface area contributed by atoms with E-state index in [1.54, 1.807) is 13.2 Å². The highest BCUT2D eigenvalue weighted by Crippen LogP contribution is 2.43. The third-order valence-corrected chi connectivity index (χ3v) is 5.72. The Bertz CT molecular complexity index is 964. The first kappa shape index (κ1) is 17.9. The molecule has 7 nitrogen and oxygen atoms in total. The molecule has 3 N–H and O–H groups in total. The lowest BCUT2D eigenvalue weighted by Gasteiger charge is -2.38. The smallest absolute Gasteiger partial charge is 0.341 e. The van der Waals surface area contributed by atoms with E-state index in [1.165, 1.54) is 6.20 Å². The monoisotopic (exact) mass is 371 g/mol. The van der Waals surface area contributed by atoms with Crippen LogP contribution in [0, 0.1) is 5.92 Å². The van der Waals surface area contributed by atoms with E-state index in [2.05, 4.69) is 11.8 Å². The van der Waals surface area contributed by atoms with E-state index in [0.29, 0.717) is 22.6 Å². The summed E-state index contributed by atoms with van der Waals surface area (Å²) in [6.45, 7) is 3.03. The number of nitrogens with zero attached hydrogens (tertiary/aromatic N) is 2. The minimum Gasteiger partial charge on any atom is -0.492 e. The standard InChI is InChI=1S/C20H25N3O4/c1-11-7-8-22(16(21)9-11)15-6-5-13-17(19(15)27-2)23(12-3-4-12)10-14(18(13)24)20(25)26/h5-6,10-12,16H,3-4,7-9,21H2,1-2H3,(H,25,26). The Hall–Kier alpha value is -2.54. The number of rotatable bonds is 4. The molecule has 1 saturated heterocycles. The molecule has 1 aromatic carbocycles. The summed E-state index contributed by atoms with van der Waals surface area (Å²) in [5, 5.41) is 9.80. The minimum absolute atomic E-state index is 0.112. The van der Waals surface area contributed by atoms with Crippen molar-refractivity contribution in [1.29, 1.82) is 0 Å². The van der Waals surface area contributed by atoms with Gasteiger partial charge in [-0.2, -0.15) is 0 Å². The van der Waals surface area contributed by atoms with Gasteiger partial charge in [0.1, 0.15) is 5.56 Å². The summed E-state index contributed by atoms with van der Waals surface area (Å²) in [6.07, 6.45) is 5.22. The van der Waals surface area contributed by atoms with E-state index in [4.69, 9.17) is 10.5 Å². The number of carbonyl (C=O) groups is 1. The molecule has 144 valence electrons. The third kappa shape index (κ3) is 2.96. The number of hydrogen-bond acceptors (Lipinski definition) is 5. The number of methoxy groups -OCH3 is 1. The topological polar surface area (TPSA) is 97.8 Å². The van der Waals surface area contributed by atoms with Crippen LogP contribution in [-0.4, -0.2) is 35.5 Å². The largest absolute Gasteiger partial charge is 0.492 e. The van der Waals surface area contributed by atoms with Gasteiger partial charge < -0.3 is 25.0 Å². The van der Waals surface area contributed by atoms with Crippen molar-refractivity contribution in [2.24, 2.45) is 11.7 Å². The fourth-order valence-electron chi connectivity index (χ4n) is 4.11. The number of carboxylic acids is 1. The molecule has 2 aliphatic rings. The number of pyridine rings is 1. The van der Waals surface area contributed by atoms with Gasteiger partial charge in [-0.1, -0.05) is 6.92 Å². The van der Waals surface area contributed by atoms with Crippen molar-refractivity contribution in [1.82, 2.24) is 4.57 Å². The molecule has 1 aliphatic carbocycles. The molecule has 2 fully saturated rings. The number of benzene rings is 1. The summed E-state index contributed by atoms with van der Waals surface area (Å²) < 4.78 is 7.66. The van der Waals surface area contributed by atoms with Crippen LogP contribution in [0.15, 0.2) is 23.1 Å². The molecule has 7 heteroatoms. The van der Waals surface area contributed by atoms with Gasteiger partial charge in [-0.05, 0) is 43.7 Å². The lowest BCUT2D eigenvalue weighted by molar-refractivity contribution is 0.0695. The van der Waals surface area contributed by atoms with Crippen molar-refractivity contribution in [3.63, 3.8) is 0 Å². The lowest BCUT2D eigenvalue weighted by atomic mass is 9.96. The molecular weight excluding hydrogens is 346 g/mol. The van der Waals surface area contributed by atoms with E-state index in [0.717, 1.165) is 37.9 Å². The number of nitrogens with two attached hydrogens (primary N) is 1. The number of aromatic nitrogens is 1. The van der Waals surface area contributed by atoms with Gasteiger partial charge in [0, 0.05) is 18.8 Å². The van der Waals surface area contributed by atoms with Crippen LogP contribution in [0.5, 0.6) is 5.75 Å². The van der Waals surface area contributed by atoms with Gasteiger partial charge in [0.05, 0.1) is 29.9 Å². The Morgan fingerprint density at radius 1 is 1.30 bits per heavy atom. The molecule has 2 aromatic rings. The van der Waals surface area contributed by atoms with E-state index in [-0.39, 0.29) is 17.8 Å². The predicted molar refractivity (Wildman–Crippen MR) is 104 cm³/mol. The van der Waals surface area contributed by atoms with Crippen molar-refractivity contribution in [3.8, 4) is 5.75 Å². The molecule has 1 aliphatic heterocycles. The van der Waals surface area contributed by atoms with Gasteiger partial charge in [0.2, 0.25) is 5.43 Å². The summed E-state index contributed by atoms with van der Waals surface area (Å²) >= 11 is 0. The van der Waals surface area contributed by atoms with Gasteiger partial charge in [0.15, 0.2) is 5.75 Å². The first-order valence-electron chi connectivity index (χ1n) is 9.43. The normalized spacial score (nSPS) is 22.9. The molecule has 2 heterocycles. The number of carboxylic acid groups (broad SMARTS) is 1. The second kappa shape index (κ2) is 6.56. The van der Waals surface area contributed by atoms with Crippen LogP contribution in [-0.2, 0) is 0 Å². The van der Waals surface area contributed by atoms with Gasteiger partial charge in [-0.3, -0.25) is 4.79 Å². The van der Waals surface area contributed by atoms with Gasteiger partial charge in [0.25, 0.3) is 0 Å². The molecule has 4 rings (SSSR count). The predicted octanol–water partition coefficient (Wildman–Crippen LogP) is 2.56. The van der Waals surface area contributed by atoms with Crippen LogP contribution in [0.2, 0.25) is 0 Å². The highest BCUT2D eigenvalue weighted by atomic mass is 16.5. The average molecular weight is 371 g/mol. The van der Waals surface area contributed by atoms with Gasteiger partial charge >= 0.3 is 5.97 Å². The number of fused-ring (bicyclic) bond motifs is 1. The van der Waals surface area contributed by atoms with Crippen molar-refractivity contribution < 1.29 is 14.6 Å². The molecule has 0 bridgehead atoms. The zero-order valence-corrected chi connectivity index (χ0v) is 15.6.